The third-order valence-corrected chi connectivity index (χ3v) is 6.57. The number of hydrogen-bond donors (Lipinski definition) is 1. The Kier molecular flexibility index (Phi) is 8.52. The molecule has 1 aromatic heterocycles. The van der Waals surface area contributed by atoms with E-state index in [0.717, 1.165) is 44.1 Å². The van der Waals surface area contributed by atoms with Gasteiger partial charge in [-0.05, 0) is 41.7 Å². The summed E-state index contributed by atoms with van der Waals surface area (Å²) >= 11 is 0. The zero-order chi connectivity index (χ0) is 21.0. The van der Waals surface area contributed by atoms with Crippen molar-refractivity contribution in [3.8, 4) is 0 Å². The first kappa shape index (κ1) is 24.4. The smallest absolute Gasteiger partial charge is 0.261 e. The van der Waals surface area contributed by atoms with Crippen LogP contribution in [0.3, 0.4) is 0 Å². The summed E-state index contributed by atoms with van der Waals surface area (Å²) in [5.74, 6) is 1.93. The van der Waals surface area contributed by atoms with E-state index in [1.165, 1.54) is 0 Å². The summed E-state index contributed by atoms with van der Waals surface area (Å²) in [4.78, 5) is 9.47. The average molecular weight is 453 g/mol. The van der Waals surface area contributed by atoms with E-state index in [0.29, 0.717) is 17.5 Å². The Hall–Kier alpha value is -1.83. The van der Waals surface area contributed by atoms with Gasteiger partial charge < -0.3 is 4.90 Å². The fraction of sp³-hybridized carbons (Fsp3) is 0.500. The van der Waals surface area contributed by atoms with Crippen LogP contribution >= 0.6 is 12.4 Å². The number of pyridine rings is 1. The average Bonchev–Trinajstić information content (AvgIpc) is 2.68. The van der Waals surface area contributed by atoms with Crippen molar-refractivity contribution in [2.24, 2.45) is 5.92 Å². The second-order valence-corrected chi connectivity index (χ2v) is 10.1. The molecule has 0 bridgehead atoms. The number of nitrogens with one attached hydrogen (secondary N) is 1. The molecule has 1 aliphatic rings. The minimum absolute atomic E-state index is 0. The van der Waals surface area contributed by atoms with Crippen LogP contribution in [0.5, 0.6) is 0 Å². The third-order valence-electron chi connectivity index (χ3n) is 5.18. The maximum Gasteiger partial charge on any atom is 0.261 e. The van der Waals surface area contributed by atoms with E-state index in [4.69, 9.17) is 0 Å². The molecule has 0 spiro atoms. The number of rotatable bonds is 7. The van der Waals surface area contributed by atoms with Gasteiger partial charge in [0.15, 0.2) is 0 Å². The van der Waals surface area contributed by atoms with Gasteiger partial charge in [0.2, 0.25) is 0 Å². The van der Waals surface area contributed by atoms with Crippen molar-refractivity contribution in [1.29, 1.82) is 0 Å². The highest BCUT2D eigenvalue weighted by Crippen LogP contribution is 2.21. The zero-order valence-corrected chi connectivity index (χ0v) is 19.8. The molecule has 0 unspecified atom stereocenters. The molecule has 1 aliphatic heterocycles. The monoisotopic (exact) mass is 452 g/mol. The number of hydrogen-bond acceptors (Lipinski definition) is 5. The molecule has 0 atom stereocenters. The SMILES string of the molecule is CC(C)CN1CCN(c2ccc(NS(=O)(=O)c3ccc(C(C)C)cc3)cn2)CC1.Cl. The second kappa shape index (κ2) is 10.5. The van der Waals surface area contributed by atoms with Gasteiger partial charge in [0, 0.05) is 32.7 Å². The van der Waals surface area contributed by atoms with Crippen LogP contribution in [-0.2, 0) is 10.0 Å². The van der Waals surface area contributed by atoms with E-state index < -0.39 is 10.0 Å². The lowest BCUT2D eigenvalue weighted by molar-refractivity contribution is 0.231. The highest BCUT2D eigenvalue weighted by molar-refractivity contribution is 7.92. The lowest BCUT2D eigenvalue weighted by Gasteiger charge is -2.36. The Morgan fingerprint density at radius 2 is 1.60 bits per heavy atom. The first-order chi connectivity index (χ1) is 13.7. The Morgan fingerprint density at radius 3 is 2.10 bits per heavy atom. The minimum atomic E-state index is -3.62. The Bertz CT molecular complexity index is 892. The van der Waals surface area contributed by atoms with Gasteiger partial charge in [-0.25, -0.2) is 13.4 Å². The molecular weight excluding hydrogens is 420 g/mol. The molecule has 166 valence electrons. The van der Waals surface area contributed by atoms with Crippen LogP contribution in [0.15, 0.2) is 47.5 Å². The highest BCUT2D eigenvalue weighted by Gasteiger charge is 2.19. The van der Waals surface area contributed by atoms with Gasteiger partial charge in [0.25, 0.3) is 10.0 Å². The van der Waals surface area contributed by atoms with Crippen LogP contribution in [0.25, 0.3) is 0 Å². The normalized spacial score (nSPS) is 15.3. The van der Waals surface area contributed by atoms with Gasteiger partial charge in [-0.15, -0.1) is 12.4 Å². The van der Waals surface area contributed by atoms with Crippen LogP contribution in [0.4, 0.5) is 11.5 Å². The van der Waals surface area contributed by atoms with Crippen LogP contribution in [-0.4, -0.2) is 51.0 Å². The summed E-state index contributed by atoms with van der Waals surface area (Å²) in [7, 11) is -3.62. The summed E-state index contributed by atoms with van der Waals surface area (Å²) in [6.45, 7) is 13.7. The summed E-state index contributed by atoms with van der Waals surface area (Å²) in [5, 5.41) is 0. The van der Waals surface area contributed by atoms with Crippen molar-refractivity contribution in [2.75, 3.05) is 42.3 Å². The predicted octanol–water partition coefficient (Wildman–Crippen LogP) is 4.21. The first-order valence-corrected chi connectivity index (χ1v) is 11.8. The van der Waals surface area contributed by atoms with E-state index in [-0.39, 0.29) is 17.3 Å². The zero-order valence-electron chi connectivity index (χ0n) is 18.2. The van der Waals surface area contributed by atoms with Crippen molar-refractivity contribution < 1.29 is 8.42 Å². The maximum absolute atomic E-state index is 12.6. The van der Waals surface area contributed by atoms with Gasteiger partial charge in [0.05, 0.1) is 16.8 Å². The van der Waals surface area contributed by atoms with Gasteiger partial charge >= 0.3 is 0 Å². The van der Waals surface area contributed by atoms with Crippen LogP contribution in [0.1, 0.15) is 39.2 Å². The van der Waals surface area contributed by atoms with Gasteiger partial charge in [-0.1, -0.05) is 39.8 Å². The van der Waals surface area contributed by atoms with E-state index in [9.17, 15) is 8.42 Å². The van der Waals surface area contributed by atoms with Crippen molar-refractivity contribution >= 4 is 33.9 Å². The topological polar surface area (TPSA) is 65.5 Å². The predicted molar refractivity (Wildman–Crippen MR) is 126 cm³/mol. The first-order valence-electron chi connectivity index (χ1n) is 10.3. The maximum atomic E-state index is 12.6. The van der Waals surface area contributed by atoms with E-state index in [1.54, 1.807) is 24.4 Å². The largest absolute Gasteiger partial charge is 0.354 e. The summed E-state index contributed by atoms with van der Waals surface area (Å²) < 4.78 is 27.9. The number of halogens is 1. The van der Waals surface area contributed by atoms with Crippen molar-refractivity contribution in [3.63, 3.8) is 0 Å². The number of anilines is 2. The summed E-state index contributed by atoms with van der Waals surface area (Å²) in [6, 6.07) is 10.7. The highest BCUT2D eigenvalue weighted by atomic mass is 35.5. The number of sulfonamides is 1. The quantitative estimate of drug-likeness (QED) is 0.681. The molecule has 2 aromatic rings. The molecule has 2 heterocycles. The standard InChI is InChI=1S/C22H32N4O2S.ClH/c1-17(2)16-25-11-13-26(14-12-25)22-10-7-20(15-23-22)24-29(27,28)21-8-5-19(6-9-21)18(3)4;/h5-10,15,17-18,24H,11-14,16H2,1-4H3;1H. The molecule has 1 saturated heterocycles. The number of aromatic nitrogens is 1. The molecule has 3 rings (SSSR count). The molecule has 1 fully saturated rings. The summed E-state index contributed by atoms with van der Waals surface area (Å²) in [6.07, 6.45) is 1.59. The molecular formula is C22H33ClN4O2S. The lowest BCUT2D eigenvalue weighted by atomic mass is 10.0. The van der Waals surface area contributed by atoms with Gasteiger partial charge in [-0.2, -0.15) is 0 Å². The Balaban J connectivity index is 0.00000320. The van der Waals surface area contributed by atoms with Crippen molar-refractivity contribution in [3.05, 3.63) is 48.2 Å². The van der Waals surface area contributed by atoms with E-state index >= 15 is 0 Å². The number of nitrogens with zero attached hydrogens (tertiary/aromatic N) is 3. The molecule has 1 N–H and O–H groups in total. The molecule has 1 aromatic carbocycles. The molecule has 6 nitrogen and oxygen atoms in total. The van der Waals surface area contributed by atoms with Gasteiger partial charge in [0.1, 0.15) is 5.82 Å². The summed E-state index contributed by atoms with van der Waals surface area (Å²) in [5.41, 5.74) is 1.59. The van der Waals surface area contributed by atoms with Crippen molar-refractivity contribution in [2.45, 2.75) is 38.5 Å². The number of benzene rings is 1. The minimum Gasteiger partial charge on any atom is -0.354 e. The lowest BCUT2D eigenvalue weighted by Crippen LogP contribution is -2.47. The second-order valence-electron chi connectivity index (χ2n) is 8.42. The van der Waals surface area contributed by atoms with Crippen LogP contribution in [0.2, 0.25) is 0 Å². The molecule has 0 aliphatic carbocycles. The fourth-order valence-corrected chi connectivity index (χ4v) is 4.60. The van der Waals surface area contributed by atoms with E-state index in [2.05, 4.69) is 47.2 Å². The Morgan fingerprint density at radius 1 is 0.967 bits per heavy atom. The molecule has 0 saturated carbocycles. The molecule has 30 heavy (non-hydrogen) atoms. The van der Waals surface area contributed by atoms with E-state index in [1.807, 2.05) is 18.2 Å². The molecule has 0 amide bonds. The molecule has 0 radical (unpaired) electrons. The number of piperazine rings is 1. The third kappa shape index (κ3) is 6.33. The van der Waals surface area contributed by atoms with Gasteiger partial charge in [-0.3, -0.25) is 9.62 Å². The van der Waals surface area contributed by atoms with Crippen LogP contribution < -0.4 is 9.62 Å². The Labute approximate surface area is 187 Å². The van der Waals surface area contributed by atoms with Crippen molar-refractivity contribution in [1.82, 2.24) is 9.88 Å². The van der Waals surface area contributed by atoms with Crippen LogP contribution in [0, 0.1) is 5.92 Å². The fourth-order valence-electron chi connectivity index (χ4n) is 3.56. The molecule has 8 heteroatoms.